The summed E-state index contributed by atoms with van der Waals surface area (Å²) in [7, 11) is -4.23. The van der Waals surface area contributed by atoms with Gasteiger partial charge in [-0.05, 0) is 6.42 Å². The largest absolute Gasteiger partial charge is 2.00 e. The zero-order chi connectivity index (χ0) is 13.0. The third-order valence-corrected chi connectivity index (χ3v) is 3.19. The van der Waals surface area contributed by atoms with Gasteiger partial charge in [-0.3, -0.25) is 4.55 Å². The molecule has 0 unspecified atom stereocenters. The average molecular weight is 351 g/mol. The Morgan fingerprint density at radius 1 is 0.900 bits per heavy atom. The molecule has 0 aromatic carbocycles. The first-order valence-corrected chi connectivity index (χ1v) is 8.04. The normalized spacial score (nSPS) is 10.1. The monoisotopic (exact) mass is 350 g/mol. The van der Waals surface area contributed by atoms with E-state index in [-0.39, 0.29) is 83.7 Å². The molecule has 0 aliphatic heterocycles. The number of rotatable bonds is 12. The minimum atomic E-state index is -4.23. The van der Waals surface area contributed by atoms with Crippen molar-refractivity contribution < 1.29 is 56.5 Å². The Hall–Kier alpha value is 2.09. The predicted molar refractivity (Wildman–Crippen MR) is 82.0 cm³/mol. The smallest absolute Gasteiger partial charge is 1.00 e. The van der Waals surface area contributed by atoms with E-state index in [0.717, 1.165) is 12.8 Å². The molecule has 0 saturated heterocycles. The van der Waals surface area contributed by atoms with E-state index in [9.17, 15) is 8.42 Å². The molecule has 0 spiro atoms. The second kappa shape index (κ2) is 21.1. The molecular formula is C12H31CaNaO5S. The van der Waals surface area contributed by atoms with Crippen molar-refractivity contribution in [2.24, 2.45) is 0 Å². The number of hydrogen-bond donors (Lipinski definition) is 1. The first-order chi connectivity index (χ1) is 8.06. The minimum absolute atomic E-state index is 0. The van der Waals surface area contributed by atoms with E-state index in [1.807, 2.05) is 0 Å². The molecule has 0 bridgehead atoms. The molecule has 0 amide bonds. The van der Waals surface area contributed by atoms with Crippen molar-refractivity contribution in [3.63, 3.8) is 0 Å². The molecule has 0 aromatic heterocycles. The molecule has 0 aromatic rings. The Morgan fingerprint density at radius 2 is 1.25 bits per heavy atom. The van der Waals surface area contributed by atoms with Gasteiger partial charge in [0.15, 0.2) is 0 Å². The topological polar surface area (TPSA) is 95.1 Å². The standard InChI is InChI=1S/C12H26O4S.Ca.Na.H2O.3H/c1-2-3-4-5-6-7-8-9-10-11-12-16-17(13,14)15;;;;;;/h2-12H2,1H3,(H,13,14,15);;;1H2;;;/q;+2;+1;;3*-1. The molecule has 0 rings (SSSR count). The van der Waals surface area contributed by atoms with Crippen LogP contribution in [-0.4, -0.2) is 62.8 Å². The summed E-state index contributed by atoms with van der Waals surface area (Å²) in [5.74, 6) is 0. The zero-order valence-electron chi connectivity index (χ0n) is 16.1. The van der Waals surface area contributed by atoms with Gasteiger partial charge < -0.3 is 9.76 Å². The molecule has 0 heterocycles. The van der Waals surface area contributed by atoms with Gasteiger partial charge in [-0.1, -0.05) is 64.7 Å². The van der Waals surface area contributed by atoms with Crippen LogP contribution in [0.4, 0.5) is 0 Å². The Balaban J connectivity index is -0.0000000853. The van der Waals surface area contributed by atoms with Crippen molar-refractivity contribution in [2.45, 2.75) is 71.1 Å². The van der Waals surface area contributed by atoms with Crippen LogP contribution in [0.3, 0.4) is 0 Å². The molecule has 0 fully saturated rings. The third kappa shape index (κ3) is 28.3. The van der Waals surface area contributed by atoms with Crippen LogP contribution in [0.2, 0.25) is 0 Å². The van der Waals surface area contributed by atoms with Crippen LogP contribution in [0.5, 0.6) is 0 Å². The van der Waals surface area contributed by atoms with Crippen LogP contribution < -0.4 is 29.6 Å². The van der Waals surface area contributed by atoms with Gasteiger partial charge in [-0.25, -0.2) is 4.18 Å². The third-order valence-electron chi connectivity index (χ3n) is 2.73. The molecule has 20 heavy (non-hydrogen) atoms. The minimum Gasteiger partial charge on any atom is -1.00 e. The quantitative estimate of drug-likeness (QED) is 0.301. The van der Waals surface area contributed by atoms with Crippen molar-refractivity contribution in [2.75, 3.05) is 6.61 Å². The van der Waals surface area contributed by atoms with E-state index < -0.39 is 10.4 Å². The van der Waals surface area contributed by atoms with Crippen LogP contribution in [0.25, 0.3) is 0 Å². The van der Waals surface area contributed by atoms with Gasteiger partial charge in [0.05, 0.1) is 6.61 Å². The summed E-state index contributed by atoms with van der Waals surface area (Å²) in [5.41, 5.74) is 0. The summed E-state index contributed by atoms with van der Waals surface area (Å²) < 4.78 is 33.0. The molecule has 3 N–H and O–H groups in total. The molecular weight excluding hydrogens is 319 g/mol. The van der Waals surface area contributed by atoms with E-state index >= 15 is 0 Å². The maximum absolute atomic E-state index is 10.2. The van der Waals surface area contributed by atoms with Gasteiger partial charge in [-0.2, -0.15) is 8.42 Å². The van der Waals surface area contributed by atoms with Crippen molar-refractivity contribution in [3.8, 4) is 0 Å². The van der Waals surface area contributed by atoms with Crippen LogP contribution >= 0.6 is 0 Å². The Bertz CT molecular complexity index is 275. The van der Waals surface area contributed by atoms with Crippen LogP contribution in [0.1, 0.15) is 75.4 Å². The molecule has 0 radical (unpaired) electrons. The van der Waals surface area contributed by atoms with Gasteiger partial charge >= 0.3 is 77.7 Å². The molecule has 8 heteroatoms. The van der Waals surface area contributed by atoms with Gasteiger partial charge in [0.2, 0.25) is 0 Å². The molecule has 0 atom stereocenters. The molecule has 118 valence electrons. The van der Waals surface area contributed by atoms with E-state index in [1.165, 1.54) is 44.9 Å². The summed E-state index contributed by atoms with van der Waals surface area (Å²) >= 11 is 0. The first-order valence-electron chi connectivity index (χ1n) is 6.68. The van der Waals surface area contributed by atoms with E-state index in [4.69, 9.17) is 4.55 Å². The summed E-state index contributed by atoms with van der Waals surface area (Å²) in [6, 6.07) is 0. The average Bonchev–Trinajstić information content (AvgIpc) is 2.24. The van der Waals surface area contributed by atoms with Gasteiger partial charge in [0, 0.05) is 0 Å². The van der Waals surface area contributed by atoms with E-state index in [1.54, 1.807) is 0 Å². The van der Waals surface area contributed by atoms with Crippen molar-refractivity contribution in [1.82, 2.24) is 0 Å². The van der Waals surface area contributed by atoms with Crippen molar-refractivity contribution in [3.05, 3.63) is 0 Å². The second-order valence-electron chi connectivity index (χ2n) is 4.43. The van der Waals surface area contributed by atoms with Gasteiger partial charge in [0.1, 0.15) is 0 Å². The summed E-state index contributed by atoms with van der Waals surface area (Å²) in [5, 5.41) is 0. The number of unbranched alkanes of at least 4 members (excludes halogenated alkanes) is 9. The molecule has 5 nitrogen and oxygen atoms in total. The molecule has 0 aliphatic rings. The SMILES string of the molecule is CCCCCCCCCCCCOS(=O)(=O)O.O.[Ca+2].[H-].[H-].[H-].[Na+]. The fraction of sp³-hybridized carbons (Fsp3) is 1.00. The van der Waals surface area contributed by atoms with Crippen LogP contribution in [-0.2, 0) is 14.6 Å². The summed E-state index contributed by atoms with van der Waals surface area (Å²) in [4.78, 5) is 0. The maximum atomic E-state index is 10.2. The number of hydrogen-bond acceptors (Lipinski definition) is 3. The van der Waals surface area contributed by atoms with Crippen LogP contribution in [0, 0.1) is 0 Å². The Morgan fingerprint density at radius 3 is 1.60 bits per heavy atom. The fourth-order valence-electron chi connectivity index (χ4n) is 1.75. The Kier molecular flexibility index (Phi) is 31.7. The van der Waals surface area contributed by atoms with Crippen molar-refractivity contribution in [1.29, 1.82) is 0 Å². The molecule has 0 aliphatic carbocycles. The first kappa shape index (κ1) is 30.0. The summed E-state index contributed by atoms with van der Waals surface area (Å²) in [6.45, 7) is 2.31. The zero-order valence-corrected chi connectivity index (χ0v) is 18.1. The predicted octanol–water partition coefficient (Wildman–Crippen LogP) is -0.137. The van der Waals surface area contributed by atoms with Gasteiger partial charge in [-0.15, -0.1) is 0 Å². The van der Waals surface area contributed by atoms with E-state index in [2.05, 4.69) is 11.1 Å². The Labute approximate surface area is 180 Å². The molecule has 0 saturated carbocycles. The second-order valence-corrected chi connectivity index (χ2v) is 5.52. The fourth-order valence-corrected chi connectivity index (χ4v) is 2.08. The van der Waals surface area contributed by atoms with E-state index in [0.29, 0.717) is 6.42 Å². The van der Waals surface area contributed by atoms with Gasteiger partial charge in [0.25, 0.3) is 0 Å². The van der Waals surface area contributed by atoms with Crippen LogP contribution in [0.15, 0.2) is 0 Å². The van der Waals surface area contributed by atoms with Crippen molar-refractivity contribution >= 4 is 48.1 Å². The summed E-state index contributed by atoms with van der Waals surface area (Å²) in [6.07, 6.45) is 11.9. The maximum Gasteiger partial charge on any atom is 2.00 e.